The minimum Gasteiger partial charge on any atom is -0.507 e. The van der Waals surface area contributed by atoms with E-state index in [9.17, 15) is 14.7 Å². The molecule has 2 rings (SSSR count). The van der Waals surface area contributed by atoms with Crippen LogP contribution in [0.15, 0.2) is 42.5 Å². The number of hydrogen-bond acceptors (Lipinski definition) is 4. The van der Waals surface area contributed by atoms with Crippen molar-refractivity contribution in [3.8, 4) is 5.75 Å². The van der Waals surface area contributed by atoms with E-state index in [1.54, 1.807) is 18.2 Å². The molecule has 2 aromatic rings. The first-order valence-electron chi connectivity index (χ1n) is 6.62. The lowest BCUT2D eigenvalue weighted by Crippen LogP contribution is -2.06. The lowest BCUT2D eigenvalue weighted by atomic mass is 10.1. The molecule has 0 saturated heterocycles. The maximum absolute atomic E-state index is 10.9. The molecule has 0 aliphatic carbocycles. The average Bonchev–Trinajstić information content (AvgIpc) is 2.45. The molecule has 0 spiro atoms. The molecule has 0 aromatic heterocycles. The van der Waals surface area contributed by atoms with E-state index in [1.165, 1.54) is 19.1 Å². The van der Waals surface area contributed by atoms with Gasteiger partial charge in [0.2, 0.25) is 5.91 Å². The van der Waals surface area contributed by atoms with Gasteiger partial charge >= 0.3 is 5.97 Å². The third-order valence-electron chi connectivity index (χ3n) is 3.00. The number of rotatable bonds is 5. The van der Waals surface area contributed by atoms with Crippen LogP contribution >= 0.6 is 0 Å². The Hall–Kier alpha value is -3.02. The van der Waals surface area contributed by atoms with Crippen LogP contribution in [0.2, 0.25) is 0 Å². The summed E-state index contributed by atoms with van der Waals surface area (Å²) in [6.45, 7) is 1.95. The summed E-state index contributed by atoms with van der Waals surface area (Å²) in [4.78, 5) is 21.7. The molecule has 0 atom stereocenters. The highest BCUT2D eigenvalue weighted by Crippen LogP contribution is 2.22. The second-order valence-corrected chi connectivity index (χ2v) is 4.77. The highest BCUT2D eigenvalue weighted by atomic mass is 16.4. The molecule has 6 nitrogen and oxygen atoms in total. The van der Waals surface area contributed by atoms with Crippen LogP contribution in [-0.2, 0) is 11.3 Å². The van der Waals surface area contributed by atoms with Crippen molar-refractivity contribution in [2.24, 2.45) is 0 Å². The van der Waals surface area contributed by atoms with Gasteiger partial charge in [-0.15, -0.1) is 0 Å². The third-order valence-corrected chi connectivity index (χ3v) is 3.00. The van der Waals surface area contributed by atoms with Gasteiger partial charge in [-0.25, -0.2) is 4.79 Å². The SMILES string of the molecule is CC(=O)Nc1ccc(CNc2ccc(C(=O)O)c(O)c2)cc1. The van der Waals surface area contributed by atoms with E-state index in [1.807, 2.05) is 12.1 Å². The van der Waals surface area contributed by atoms with E-state index in [-0.39, 0.29) is 17.2 Å². The predicted molar refractivity (Wildman–Crippen MR) is 83.1 cm³/mol. The van der Waals surface area contributed by atoms with E-state index in [2.05, 4.69) is 10.6 Å². The van der Waals surface area contributed by atoms with Gasteiger partial charge in [0.1, 0.15) is 11.3 Å². The van der Waals surface area contributed by atoms with Gasteiger partial charge in [-0.3, -0.25) is 4.79 Å². The number of carbonyl (C=O) groups is 2. The fourth-order valence-electron chi connectivity index (χ4n) is 1.94. The first-order valence-corrected chi connectivity index (χ1v) is 6.62. The number of carboxylic acid groups (broad SMARTS) is 1. The van der Waals surface area contributed by atoms with E-state index < -0.39 is 5.97 Å². The van der Waals surface area contributed by atoms with E-state index >= 15 is 0 Å². The predicted octanol–water partition coefficient (Wildman–Crippen LogP) is 2.66. The maximum atomic E-state index is 10.9. The molecule has 0 heterocycles. The second kappa shape index (κ2) is 6.62. The topological polar surface area (TPSA) is 98.7 Å². The zero-order chi connectivity index (χ0) is 16.1. The number of aromatic hydroxyl groups is 1. The van der Waals surface area contributed by atoms with Crippen molar-refractivity contribution < 1.29 is 19.8 Å². The number of hydrogen-bond donors (Lipinski definition) is 4. The second-order valence-electron chi connectivity index (χ2n) is 4.77. The van der Waals surface area contributed by atoms with Gasteiger partial charge < -0.3 is 20.8 Å². The Balaban J connectivity index is 1.99. The summed E-state index contributed by atoms with van der Waals surface area (Å²) >= 11 is 0. The molecule has 0 aliphatic rings. The lowest BCUT2D eigenvalue weighted by molar-refractivity contribution is -0.114. The molecule has 0 saturated carbocycles. The van der Waals surface area contributed by atoms with Crippen molar-refractivity contribution in [3.63, 3.8) is 0 Å². The van der Waals surface area contributed by atoms with Crippen LogP contribution in [0.3, 0.4) is 0 Å². The molecule has 114 valence electrons. The Kier molecular flexibility index (Phi) is 4.63. The Bertz CT molecular complexity index is 696. The van der Waals surface area contributed by atoms with Crippen LogP contribution in [0.1, 0.15) is 22.8 Å². The van der Waals surface area contributed by atoms with Gasteiger partial charge in [0.25, 0.3) is 0 Å². The summed E-state index contributed by atoms with van der Waals surface area (Å²) in [5.41, 5.74) is 2.19. The number of benzene rings is 2. The molecule has 4 N–H and O–H groups in total. The molecule has 2 aromatic carbocycles. The highest BCUT2D eigenvalue weighted by Gasteiger charge is 2.09. The standard InChI is InChI=1S/C16H16N2O4/c1-10(19)18-12-4-2-11(3-5-12)9-17-13-6-7-14(16(21)22)15(20)8-13/h2-8,17,20H,9H2,1H3,(H,18,19)(H,21,22). The number of anilines is 2. The number of amides is 1. The number of nitrogens with one attached hydrogen (secondary N) is 2. The molecule has 0 bridgehead atoms. The number of carbonyl (C=O) groups excluding carboxylic acids is 1. The summed E-state index contributed by atoms with van der Waals surface area (Å²) in [5.74, 6) is -1.57. The Morgan fingerprint density at radius 3 is 2.23 bits per heavy atom. The van der Waals surface area contributed by atoms with Crippen LogP contribution < -0.4 is 10.6 Å². The first kappa shape index (κ1) is 15.4. The molecular formula is C16H16N2O4. The average molecular weight is 300 g/mol. The largest absolute Gasteiger partial charge is 0.507 e. The van der Waals surface area contributed by atoms with Crippen LogP contribution in [-0.4, -0.2) is 22.1 Å². The lowest BCUT2D eigenvalue weighted by Gasteiger charge is -2.09. The summed E-state index contributed by atoms with van der Waals surface area (Å²) in [6, 6.07) is 11.6. The summed E-state index contributed by atoms with van der Waals surface area (Å²) in [7, 11) is 0. The van der Waals surface area contributed by atoms with Crippen molar-refractivity contribution in [2.45, 2.75) is 13.5 Å². The smallest absolute Gasteiger partial charge is 0.339 e. The third kappa shape index (κ3) is 3.99. The normalized spacial score (nSPS) is 10.0. The number of aromatic carboxylic acids is 1. The van der Waals surface area contributed by atoms with Crippen molar-refractivity contribution >= 4 is 23.3 Å². The Morgan fingerprint density at radius 2 is 1.68 bits per heavy atom. The van der Waals surface area contributed by atoms with Gasteiger partial charge in [-0.1, -0.05) is 12.1 Å². The van der Waals surface area contributed by atoms with E-state index in [0.29, 0.717) is 12.2 Å². The molecule has 6 heteroatoms. The van der Waals surface area contributed by atoms with E-state index in [0.717, 1.165) is 11.3 Å². The number of phenols is 1. The minimum absolute atomic E-state index is 0.125. The van der Waals surface area contributed by atoms with Crippen LogP contribution in [0.4, 0.5) is 11.4 Å². The van der Waals surface area contributed by atoms with Crippen molar-refractivity contribution in [3.05, 3.63) is 53.6 Å². The summed E-state index contributed by atoms with van der Waals surface area (Å²) < 4.78 is 0. The van der Waals surface area contributed by atoms with Gasteiger partial charge in [-0.05, 0) is 29.8 Å². The molecular weight excluding hydrogens is 284 g/mol. The van der Waals surface area contributed by atoms with Crippen molar-refractivity contribution in [1.82, 2.24) is 0 Å². The molecule has 1 amide bonds. The van der Waals surface area contributed by atoms with E-state index in [4.69, 9.17) is 5.11 Å². The van der Waals surface area contributed by atoms with Gasteiger partial charge in [0, 0.05) is 30.9 Å². The first-order chi connectivity index (χ1) is 10.5. The Morgan fingerprint density at radius 1 is 1.05 bits per heavy atom. The molecule has 0 aliphatic heterocycles. The maximum Gasteiger partial charge on any atom is 0.339 e. The van der Waals surface area contributed by atoms with Crippen LogP contribution in [0, 0.1) is 0 Å². The zero-order valence-corrected chi connectivity index (χ0v) is 12.0. The van der Waals surface area contributed by atoms with Crippen LogP contribution in [0.5, 0.6) is 5.75 Å². The van der Waals surface area contributed by atoms with Gasteiger partial charge in [0.15, 0.2) is 0 Å². The minimum atomic E-state index is -1.17. The van der Waals surface area contributed by atoms with Crippen molar-refractivity contribution in [2.75, 3.05) is 10.6 Å². The fraction of sp³-hybridized carbons (Fsp3) is 0.125. The Labute approximate surface area is 127 Å². The highest BCUT2D eigenvalue weighted by molar-refractivity contribution is 5.91. The monoisotopic (exact) mass is 300 g/mol. The summed E-state index contributed by atoms with van der Waals surface area (Å²) in [5, 5.41) is 24.2. The van der Waals surface area contributed by atoms with Crippen molar-refractivity contribution in [1.29, 1.82) is 0 Å². The zero-order valence-electron chi connectivity index (χ0n) is 12.0. The molecule has 0 unspecified atom stereocenters. The van der Waals surface area contributed by atoms with Gasteiger partial charge in [0.05, 0.1) is 0 Å². The van der Waals surface area contributed by atoms with Gasteiger partial charge in [-0.2, -0.15) is 0 Å². The quantitative estimate of drug-likeness (QED) is 0.680. The summed E-state index contributed by atoms with van der Waals surface area (Å²) in [6.07, 6.45) is 0. The molecule has 0 fully saturated rings. The number of carboxylic acids is 1. The molecule has 0 radical (unpaired) electrons. The van der Waals surface area contributed by atoms with Crippen LogP contribution in [0.25, 0.3) is 0 Å². The fourth-order valence-corrected chi connectivity index (χ4v) is 1.94. The molecule has 22 heavy (non-hydrogen) atoms.